The van der Waals surface area contributed by atoms with Gasteiger partial charge in [0, 0.05) is 30.6 Å². The van der Waals surface area contributed by atoms with Gasteiger partial charge in [0.25, 0.3) is 0 Å². The SMILES string of the molecule is CSCCNC(=NCc1nc(C(F)(F)F)cs1)NCCc1ccco1.I. The minimum absolute atomic E-state index is 0. The summed E-state index contributed by atoms with van der Waals surface area (Å²) in [4.78, 5) is 7.90. The molecule has 2 rings (SSSR count). The Hall–Kier alpha value is -0.950. The third kappa shape index (κ3) is 8.16. The molecule has 0 saturated carbocycles. The first-order valence-electron chi connectivity index (χ1n) is 7.54. The number of thioether (sulfide) groups is 1. The van der Waals surface area contributed by atoms with Gasteiger partial charge in [-0.25, -0.2) is 9.98 Å². The van der Waals surface area contributed by atoms with Crippen molar-refractivity contribution >= 4 is 53.0 Å². The van der Waals surface area contributed by atoms with Crippen LogP contribution in [-0.4, -0.2) is 36.0 Å². The van der Waals surface area contributed by atoms with Gasteiger partial charge in [-0.05, 0) is 18.4 Å². The van der Waals surface area contributed by atoms with E-state index < -0.39 is 11.9 Å². The first kappa shape index (κ1) is 23.1. The molecular weight excluding hydrogens is 500 g/mol. The van der Waals surface area contributed by atoms with Gasteiger partial charge < -0.3 is 15.1 Å². The number of thiazole rings is 1. The highest BCUT2D eigenvalue weighted by Gasteiger charge is 2.33. The highest BCUT2D eigenvalue weighted by molar-refractivity contribution is 14.0. The van der Waals surface area contributed by atoms with Crippen molar-refractivity contribution in [2.24, 2.45) is 4.99 Å². The lowest BCUT2D eigenvalue weighted by Gasteiger charge is -2.11. The molecule has 0 amide bonds. The molecule has 0 saturated heterocycles. The zero-order valence-electron chi connectivity index (χ0n) is 14.0. The Labute approximate surface area is 175 Å². The first-order valence-corrected chi connectivity index (χ1v) is 9.81. The van der Waals surface area contributed by atoms with Crippen molar-refractivity contribution in [2.45, 2.75) is 19.1 Å². The zero-order chi connectivity index (χ0) is 18.1. The average Bonchev–Trinajstić information content (AvgIpc) is 3.23. The molecule has 2 aromatic rings. The number of aromatic nitrogens is 1. The fourth-order valence-electron chi connectivity index (χ4n) is 1.87. The van der Waals surface area contributed by atoms with Gasteiger partial charge in [-0.15, -0.1) is 35.3 Å². The predicted molar refractivity (Wildman–Crippen MR) is 110 cm³/mol. The molecule has 0 fully saturated rings. The molecule has 0 spiro atoms. The van der Waals surface area contributed by atoms with Gasteiger partial charge >= 0.3 is 6.18 Å². The number of alkyl halides is 3. The summed E-state index contributed by atoms with van der Waals surface area (Å²) in [6, 6.07) is 3.70. The van der Waals surface area contributed by atoms with Crippen LogP contribution in [0.4, 0.5) is 13.2 Å². The van der Waals surface area contributed by atoms with Gasteiger partial charge in [-0.1, -0.05) is 0 Å². The van der Waals surface area contributed by atoms with Crippen molar-refractivity contribution < 1.29 is 17.6 Å². The summed E-state index contributed by atoms with van der Waals surface area (Å²) in [5.74, 6) is 2.30. The van der Waals surface area contributed by atoms with Gasteiger partial charge in [-0.3, -0.25) is 0 Å². The normalized spacial score (nSPS) is 11.9. The molecule has 0 aliphatic heterocycles. The van der Waals surface area contributed by atoms with E-state index in [9.17, 15) is 13.2 Å². The van der Waals surface area contributed by atoms with Crippen molar-refractivity contribution in [1.82, 2.24) is 15.6 Å². The van der Waals surface area contributed by atoms with E-state index in [1.807, 2.05) is 18.4 Å². The Morgan fingerprint density at radius 1 is 1.35 bits per heavy atom. The largest absolute Gasteiger partial charge is 0.469 e. The average molecular weight is 520 g/mol. The number of nitrogens with one attached hydrogen (secondary N) is 2. The fraction of sp³-hybridized carbons (Fsp3) is 0.467. The number of furan rings is 1. The van der Waals surface area contributed by atoms with Crippen LogP contribution in [0.5, 0.6) is 0 Å². The molecule has 0 aliphatic rings. The predicted octanol–water partition coefficient (Wildman–Crippen LogP) is 4.01. The second-order valence-corrected chi connectivity index (χ2v) is 6.89. The number of hydrogen-bond acceptors (Lipinski definition) is 5. The maximum atomic E-state index is 12.6. The molecular formula is C15H20F3IN4OS2. The van der Waals surface area contributed by atoms with Gasteiger partial charge in [-0.2, -0.15) is 24.9 Å². The van der Waals surface area contributed by atoms with Crippen LogP contribution >= 0.6 is 47.1 Å². The van der Waals surface area contributed by atoms with Crippen LogP contribution < -0.4 is 10.6 Å². The van der Waals surface area contributed by atoms with Crippen LogP contribution in [0.1, 0.15) is 16.5 Å². The Bertz CT molecular complexity index is 662. The highest BCUT2D eigenvalue weighted by Crippen LogP contribution is 2.30. The molecule has 5 nitrogen and oxygen atoms in total. The van der Waals surface area contributed by atoms with Crippen LogP contribution in [-0.2, 0) is 19.1 Å². The summed E-state index contributed by atoms with van der Waals surface area (Å²) in [5, 5.41) is 7.63. The van der Waals surface area contributed by atoms with E-state index in [1.54, 1.807) is 18.0 Å². The smallest absolute Gasteiger partial charge is 0.434 e. The minimum atomic E-state index is -4.42. The van der Waals surface area contributed by atoms with Crippen LogP contribution in [0.25, 0.3) is 0 Å². The van der Waals surface area contributed by atoms with Gasteiger partial charge in [0.15, 0.2) is 11.7 Å². The van der Waals surface area contributed by atoms with Crippen molar-refractivity contribution in [3.05, 3.63) is 40.2 Å². The summed E-state index contributed by atoms with van der Waals surface area (Å²) in [5.41, 5.74) is -0.870. The van der Waals surface area contributed by atoms with Gasteiger partial charge in [0.05, 0.1) is 12.8 Å². The fourth-order valence-corrected chi connectivity index (χ4v) is 2.90. The maximum absolute atomic E-state index is 12.6. The summed E-state index contributed by atoms with van der Waals surface area (Å²) in [6.07, 6.45) is -0.121. The van der Waals surface area contributed by atoms with Gasteiger partial charge in [0.2, 0.25) is 0 Å². The summed E-state index contributed by atoms with van der Waals surface area (Å²) >= 11 is 2.65. The third-order valence-electron chi connectivity index (χ3n) is 3.06. The number of aliphatic imine (C=N–C) groups is 1. The second-order valence-electron chi connectivity index (χ2n) is 4.96. The molecule has 0 aliphatic carbocycles. The zero-order valence-corrected chi connectivity index (χ0v) is 18.0. The molecule has 0 bridgehead atoms. The maximum Gasteiger partial charge on any atom is 0.434 e. The van der Waals surface area contributed by atoms with E-state index in [2.05, 4.69) is 20.6 Å². The molecule has 2 N–H and O–H groups in total. The van der Waals surface area contributed by atoms with Crippen LogP contribution in [0.2, 0.25) is 0 Å². The molecule has 2 heterocycles. The van der Waals surface area contributed by atoms with Crippen molar-refractivity contribution in [2.75, 3.05) is 25.1 Å². The lowest BCUT2D eigenvalue weighted by molar-refractivity contribution is -0.140. The molecule has 0 radical (unpaired) electrons. The Morgan fingerprint density at radius 2 is 2.12 bits per heavy atom. The van der Waals surface area contributed by atoms with Gasteiger partial charge in [0.1, 0.15) is 10.8 Å². The number of rotatable bonds is 8. The third-order valence-corrected chi connectivity index (χ3v) is 4.50. The number of guanidine groups is 1. The summed E-state index contributed by atoms with van der Waals surface area (Å²) in [7, 11) is 0. The Kier molecular flexibility index (Phi) is 10.4. The number of halogens is 4. The first-order chi connectivity index (χ1) is 12.0. The molecule has 26 heavy (non-hydrogen) atoms. The van der Waals surface area contributed by atoms with E-state index in [-0.39, 0.29) is 30.5 Å². The molecule has 2 aromatic heterocycles. The molecule has 0 aromatic carbocycles. The van der Waals surface area contributed by atoms with E-state index >= 15 is 0 Å². The van der Waals surface area contributed by atoms with Crippen LogP contribution in [0, 0.1) is 0 Å². The topological polar surface area (TPSA) is 62.5 Å². The van der Waals surface area contributed by atoms with Crippen LogP contribution in [0.15, 0.2) is 33.2 Å². The quantitative estimate of drug-likeness (QED) is 0.239. The standard InChI is InChI=1S/C15H19F3N4OS2.HI/c1-24-8-6-20-14(19-5-4-11-3-2-7-23-11)21-9-13-22-12(10-25-13)15(16,17)18;/h2-3,7,10H,4-6,8-9H2,1H3,(H2,19,20,21);1H. The van der Waals surface area contributed by atoms with E-state index in [4.69, 9.17) is 4.42 Å². The minimum Gasteiger partial charge on any atom is -0.469 e. The summed E-state index contributed by atoms with van der Waals surface area (Å²) < 4.78 is 43.0. The lowest BCUT2D eigenvalue weighted by Crippen LogP contribution is -2.39. The van der Waals surface area contributed by atoms with E-state index in [0.717, 1.165) is 28.2 Å². The molecule has 0 unspecified atom stereocenters. The summed E-state index contributed by atoms with van der Waals surface area (Å²) in [6.45, 7) is 1.40. The van der Waals surface area contributed by atoms with Crippen molar-refractivity contribution in [3.63, 3.8) is 0 Å². The Morgan fingerprint density at radius 3 is 2.73 bits per heavy atom. The number of nitrogens with zero attached hydrogens (tertiary/aromatic N) is 2. The highest BCUT2D eigenvalue weighted by atomic mass is 127. The molecule has 0 atom stereocenters. The monoisotopic (exact) mass is 520 g/mol. The van der Waals surface area contributed by atoms with Crippen molar-refractivity contribution in [3.8, 4) is 0 Å². The van der Waals surface area contributed by atoms with E-state index in [0.29, 0.717) is 30.5 Å². The molecule has 146 valence electrons. The Balaban J connectivity index is 0.00000338. The second kappa shape index (κ2) is 11.7. The van der Waals surface area contributed by atoms with Crippen molar-refractivity contribution in [1.29, 1.82) is 0 Å². The number of hydrogen-bond donors (Lipinski definition) is 2. The van der Waals surface area contributed by atoms with E-state index in [1.165, 1.54) is 0 Å². The van der Waals surface area contributed by atoms with Crippen LogP contribution in [0.3, 0.4) is 0 Å². The molecule has 11 heteroatoms. The lowest BCUT2D eigenvalue weighted by atomic mass is 10.3.